The van der Waals surface area contributed by atoms with E-state index in [9.17, 15) is 10.4 Å². The van der Waals surface area contributed by atoms with Crippen LogP contribution in [-0.4, -0.2) is 41.6 Å². The number of aliphatic hydroxyl groups excluding tert-OH is 1. The number of hydrogen-bond donors (Lipinski definition) is 2. The lowest BCUT2D eigenvalue weighted by molar-refractivity contribution is 0.145. The fourth-order valence-electron chi connectivity index (χ4n) is 3.66. The normalized spacial score (nSPS) is 14.1. The van der Waals surface area contributed by atoms with Gasteiger partial charge in [-0.2, -0.15) is 5.26 Å². The van der Waals surface area contributed by atoms with Gasteiger partial charge in [-0.15, -0.1) is 22.6 Å². The minimum absolute atomic E-state index is 0. The quantitative estimate of drug-likeness (QED) is 0.591. The number of anilines is 2. The third kappa shape index (κ3) is 4.93. The Morgan fingerprint density at radius 3 is 2.65 bits per heavy atom. The van der Waals surface area contributed by atoms with Crippen LogP contribution in [0, 0.1) is 11.3 Å². The Hall–Kier alpha value is -2.79. The topological polar surface area (TPSA) is 94.3 Å². The number of methoxy groups -OCH3 is 1. The van der Waals surface area contributed by atoms with Gasteiger partial charge in [-0.05, 0) is 48.7 Å². The number of nitrogens with one attached hydrogen (secondary N) is 1. The summed E-state index contributed by atoms with van der Waals surface area (Å²) in [5, 5.41) is 33.7. The van der Waals surface area contributed by atoms with E-state index >= 15 is 0 Å². The number of ether oxygens (including phenoxy) is 1. The van der Waals surface area contributed by atoms with E-state index < -0.39 is 0 Å². The Balaban J connectivity index is 0.00000272. The van der Waals surface area contributed by atoms with Crippen LogP contribution in [-0.2, 0) is 6.54 Å². The summed E-state index contributed by atoms with van der Waals surface area (Å²) in [6.07, 6.45) is 1.15. The largest absolute Gasteiger partial charge is 0.495 e. The number of aromatic nitrogens is 2. The average Bonchev–Trinajstić information content (AvgIpc) is 2.77. The Morgan fingerprint density at radius 1 is 1.19 bits per heavy atom. The molecular formula is C22H23Cl2N5O2. The minimum atomic E-state index is -0.261. The zero-order valence-corrected chi connectivity index (χ0v) is 18.6. The van der Waals surface area contributed by atoms with Crippen molar-refractivity contribution in [2.75, 3.05) is 30.4 Å². The third-order valence-electron chi connectivity index (χ3n) is 5.33. The van der Waals surface area contributed by atoms with Gasteiger partial charge >= 0.3 is 0 Å². The lowest BCUT2D eigenvalue weighted by Gasteiger charge is -2.31. The molecular weight excluding hydrogens is 437 g/mol. The Kier molecular flexibility index (Phi) is 7.39. The molecule has 0 saturated carbocycles. The van der Waals surface area contributed by atoms with Crippen molar-refractivity contribution in [3.8, 4) is 11.8 Å². The van der Waals surface area contributed by atoms with Crippen molar-refractivity contribution in [2.24, 2.45) is 0 Å². The van der Waals surface area contributed by atoms with Gasteiger partial charge in [0.15, 0.2) is 11.6 Å². The zero-order chi connectivity index (χ0) is 21.1. The maximum atomic E-state index is 9.80. The van der Waals surface area contributed by atoms with Crippen molar-refractivity contribution in [2.45, 2.75) is 25.5 Å². The lowest BCUT2D eigenvalue weighted by Crippen LogP contribution is -2.36. The Labute approximate surface area is 192 Å². The third-order valence-corrected chi connectivity index (χ3v) is 5.62. The molecule has 162 valence electrons. The van der Waals surface area contributed by atoms with Crippen molar-refractivity contribution in [1.29, 1.82) is 5.26 Å². The monoisotopic (exact) mass is 459 g/mol. The molecule has 4 rings (SSSR count). The molecule has 2 N–H and O–H groups in total. The first-order valence-electron chi connectivity index (χ1n) is 9.79. The summed E-state index contributed by atoms with van der Waals surface area (Å²) in [5.41, 5.74) is 1.53. The van der Waals surface area contributed by atoms with Crippen molar-refractivity contribution in [3.05, 3.63) is 52.5 Å². The Morgan fingerprint density at radius 2 is 1.97 bits per heavy atom. The summed E-state index contributed by atoms with van der Waals surface area (Å²) < 4.78 is 5.20. The van der Waals surface area contributed by atoms with Gasteiger partial charge in [-0.1, -0.05) is 17.7 Å². The highest BCUT2D eigenvalue weighted by Gasteiger charge is 2.21. The molecule has 0 atom stereocenters. The number of fused-ring (bicyclic) bond motifs is 1. The molecule has 0 radical (unpaired) electrons. The molecule has 9 heteroatoms. The summed E-state index contributed by atoms with van der Waals surface area (Å²) in [6, 6.07) is 13.3. The van der Waals surface area contributed by atoms with Gasteiger partial charge < -0.3 is 20.1 Å². The summed E-state index contributed by atoms with van der Waals surface area (Å²) >= 11 is 6.22. The van der Waals surface area contributed by atoms with Crippen LogP contribution in [0.25, 0.3) is 10.8 Å². The molecule has 1 saturated heterocycles. The second-order valence-electron chi connectivity index (χ2n) is 7.29. The first-order chi connectivity index (χ1) is 14.6. The van der Waals surface area contributed by atoms with E-state index in [4.69, 9.17) is 16.3 Å². The number of rotatable bonds is 5. The molecule has 1 fully saturated rings. The standard InChI is InChI=1S/C22H22ClN5O2.ClH/c1-30-20-5-3-15(11-19(20)23)13-25-21-18-10-14(12-24)2-4-17(18)22(27-26-21)28-8-6-16(29)7-9-28;/h2-5,10-11,16,29H,6-9,13H2,1H3,(H,25,26);1H. The number of nitriles is 1. The molecule has 2 aromatic carbocycles. The van der Waals surface area contributed by atoms with Crippen LogP contribution in [0.2, 0.25) is 5.02 Å². The lowest BCUT2D eigenvalue weighted by atomic mass is 10.1. The van der Waals surface area contributed by atoms with E-state index in [1.807, 2.05) is 30.3 Å². The summed E-state index contributed by atoms with van der Waals surface area (Å²) in [6.45, 7) is 1.95. The number of hydrogen-bond acceptors (Lipinski definition) is 7. The van der Waals surface area contributed by atoms with Crippen LogP contribution in [0.1, 0.15) is 24.0 Å². The van der Waals surface area contributed by atoms with Crippen LogP contribution >= 0.6 is 24.0 Å². The minimum Gasteiger partial charge on any atom is -0.495 e. The maximum Gasteiger partial charge on any atom is 0.159 e. The highest BCUT2D eigenvalue weighted by Crippen LogP contribution is 2.31. The molecule has 31 heavy (non-hydrogen) atoms. The predicted octanol–water partition coefficient (Wildman–Crippen LogP) is 4.16. The van der Waals surface area contributed by atoms with Gasteiger partial charge in [0.2, 0.25) is 0 Å². The smallest absolute Gasteiger partial charge is 0.159 e. The fourth-order valence-corrected chi connectivity index (χ4v) is 3.94. The molecule has 2 heterocycles. The number of halogens is 2. The first-order valence-corrected chi connectivity index (χ1v) is 10.2. The van der Waals surface area contributed by atoms with Gasteiger partial charge in [0.1, 0.15) is 5.75 Å². The number of aliphatic hydroxyl groups is 1. The van der Waals surface area contributed by atoms with Crippen LogP contribution in [0.5, 0.6) is 5.75 Å². The van der Waals surface area contributed by atoms with E-state index in [0.717, 1.165) is 35.2 Å². The predicted molar refractivity (Wildman–Crippen MR) is 124 cm³/mol. The van der Waals surface area contributed by atoms with Crippen LogP contribution in [0.3, 0.4) is 0 Å². The van der Waals surface area contributed by atoms with E-state index in [-0.39, 0.29) is 18.5 Å². The Bertz CT molecular complexity index is 1110. The second kappa shape index (κ2) is 10.0. The van der Waals surface area contributed by atoms with Gasteiger partial charge in [0.05, 0.1) is 29.9 Å². The highest BCUT2D eigenvalue weighted by molar-refractivity contribution is 6.32. The van der Waals surface area contributed by atoms with Crippen LogP contribution in [0.4, 0.5) is 11.6 Å². The first kappa shape index (κ1) is 22.9. The average molecular weight is 460 g/mol. The summed E-state index contributed by atoms with van der Waals surface area (Å²) in [7, 11) is 1.58. The SMILES string of the molecule is COc1ccc(CNc2nnc(N3CCC(O)CC3)c3ccc(C#N)cc23)cc1Cl.Cl. The maximum absolute atomic E-state index is 9.80. The number of benzene rings is 2. The molecule has 1 aliphatic heterocycles. The highest BCUT2D eigenvalue weighted by atomic mass is 35.5. The number of piperidine rings is 1. The van der Waals surface area contributed by atoms with Crippen molar-refractivity contribution in [1.82, 2.24) is 10.2 Å². The molecule has 0 bridgehead atoms. The molecule has 0 aliphatic carbocycles. The van der Waals surface area contributed by atoms with Crippen LogP contribution < -0.4 is 15.0 Å². The molecule has 0 amide bonds. The van der Waals surface area contributed by atoms with Crippen molar-refractivity contribution >= 4 is 46.4 Å². The second-order valence-corrected chi connectivity index (χ2v) is 7.69. The molecule has 0 unspecified atom stereocenters. The number of nitrogens with zero attached hydrogens (tertiary/aromatic N) is 4. The van der Waals surface area contributed by atoms with Gasteiger partial charge in [-0.25, -0.2) is 0 Å². The van der Waals surface area contributed by atoms with Crippen molar-refractivity contribution < 1.29 is 9.84 Å². The summed E-state index contributed by atoms with van der Waals surface area (Å²) in [5.74, 6) is 2.01. The fraction of sp³-hybridized carbons (Fsp3) is 0.318. The molecule has 1 aliphatic rings. The van der Waals surface area contributed by atoms with Gasteiger partial charge in [0, 0.05) is 30.4 Å². The molecule has 3 aromatic rings. The van der Waals surface area contributed by atoms with E-state index in [0.29, 0.717) is 41.5 Å². The van der Waals surface area contributed by atoms with Gasteiger partial charge in [0.25, 0.3) is 0 Å². The molecule has 7 nitrogen and oxygen atoms in total. The van der Waals surface area contributed by atoms with Crippen LogP contribution in [0.15, 0.2) is 36.4 Å². The molecule has 1 aromatic heterocycles. The molecule has 0 spiro atoms. The summed E-state index contributed by atoms with van der Waals surface area (Å²) in [4.78, 5) is 2.14. The van der Waals surface area contributed by atoms with Gasteiger partial charge in [-0.3, -0.25) is 0 Å². The zero-order valence-electron chi connectivity index (χ0n) is 17.0. The van der Waals surface area contributed by atoms with E-state index in [1.165, 1.54) is 0 Å². The van der Waals surface area contributed by atoms with E-state index in [2.05, 4.69) is 26.5 Å². The van der Waals surface area contributed by atoms with Crippen molar-refractivity contribution in [3.63, 3.8) is 0 Å². The van der Waals surface area contributed by atoms with E-state index in [1.54, 1.807) is 13.2 Å².